The third kappa shape index (κ3) is 3.56. The molecule has 1 unspecified atom stereocenters. The Labute approximate surface area is 165 Å². The number of carbonyl (C=O) groups is 3. The van der Waals surface area contributed by atoms with Gasteiger partial charge in [-0.15, -0.1) is 0 Å². The van der Waals surface area contributed by atoms with Crippen LogP contribution in [0.25, 0.3) is 0 Å². The van der Waals surface area contributed by atoms with Crippen molar-refractivity contribution in [3.63, 3.8) is 0 Å². The topological polar surface area (TPSA) is 95.7 Å². The number of benzene rings is 1. The lowest BCUT2D eigenvalue weighted by Crippen LogP contribution is -2.52. The Morgan fingerprint density at radius 1 is 1.21 bits per heavy atom. The molecule has 0 saturated carbocycles. The number of hydrogen-bond donors (Lipinski definition) is 2. The van der Waals surface area contributed by atoms with Gasteiger partial charge >= 0.3 is 0 Å². The highest BCUT2D eigenvalue weighted by Gasteiger charge is 2.39. The molecule has 0 aliphatic carbocycles. The lowest BCUT2D eigenvalue weighted by Gasteiger charge is -2.38. The number of carbonyl (C=O) groups excluding carboxylic acids is 3. The van der Waals surface area contributed by atoms with Gasteiger partial charge in [0, 0.05) is 25.1 Å². The molecule has 3 heterocycles. The van der Waals surface area contributed by atoms with E-state index in [0.717, 1.165) is 50.1 Å². The summed E-state index contributed by atoms with van der Waals surface area (Å²) in [5.41, 5.74) is 8.90. The fourth-order valence-corrected chi connectivity index (χ4v) is 4.41. The van der Waals surface area contributed by atoms with Crippen molar-refractivity contribution in [3.05, 3.63) is 34.9 Å². The van der Waals surface area contributed by atoms with Gasteiger partial charge in [-0.1, -0.05) is 19.1 Å². The molecule has 7 heteroatoms. The Bertz CT molecular complexity index is 814. The minimum atomic E-state index is -0.558. The summed E-state index contributed by atoms with van der Waals surface area (Å²) in [5.74, 6) is -0.741. The van der Waals surface area contributed by atoms with Crippen LogP contribution in [0.15, 0.2) is 18.2 Å². The van der Waals surface area contributed by atoms with Crippen LogP contribution in [0.2, 0.25) is 0 Å². The number of nitrogens with zero attached hydrogens (tertiary/aromatic N) is 2. The second-order valence-electron chi connectivity index (χ2n) is 8.68. The maximum atomic E-state index is 12.9. The van der Waals surface area contributed by atoms with Crippen molar-refractivity contribution in [2.75, 3.05) is 19.6 Å². The van der Waals surface area contributed by atoms with Gasteiger partial charge in [0.15, 0.2) is 0 Å². The summed E-state index contributed by atoms with van der Waals surface area (Å²) in [4.78, 5) is 40.5. The number of nitrogens with two attached hydrogens (primary N) is 1. The van der Waals surface area contributed by atoms with Crippen LogP contribution in [0.5, 0.6) is 0 Å². The van der Waals surface area contributed by atoms with Crippen LogP contribution in [0.1, 0.15) is 54.1 Å². The van der Waals surface area contributed by atoms with E-state index in [9.17, 15) is 14.4 Å². The van der Waals surface area contributed by atoms with Crippen molar-refractivity contribution in [2.24, 2.45) is 11.1 Å². The van der Waals surface area contributed by atoms with Crippen molar-refractivity contribution in [3.8, 4) is 0 Å². The van der Waals surface area contributed by atoms with E-state index in [0.29, 0.717) is 18.5 Å². The molecule has 0 aromatic heterocycles. The number of piperidine rings is 2. The first kappa shape index (κ1) is 19.1. The molecule has 3 aliphatic rings. The second kappa shape index (κ2) is 7.29. The van der Waals surface area contributed by atoms with E-state index in [2.05, 4.69) is 23.2 Å². The molecule has 28 heavy (non-hydrogen) atoms. The Morgan fingerprint density at radius 3 is 2.64 bits per heavy atom. The van der Waals surface area contributed by atoms with Gasteiger partial charge < -0.3 is 10.6 Å². The van der Waals surface area contributed by atoms with Crippen molar-refractivity contribution < 1.29 is 14.4 Å². The molecule has 1 aromatic rings. The molecule has 0 spiro atoms. The summed E-state index contributed by atoms with van der Waals surface area (Å²) >= 11 is 0. The van der Waals surface area contributed by atoms with Crippen LogP contribution >= 0.6 is 0 Å². The van der Waals surface area contributed by atoms with Gasteiger partial charge in [-0.3, -0.25) is 24.6 Å². The molecule has 3 N–H and O–H groups in total. The van der Waals surface area contributed by atoms with Crippen molar-refractivity contribution >= 4 is 17.7 Å². The highest BCUT2D eigenvalue weighted by molar-refractivity contribution is 6.05. The summed E-state index contributed by atoms with van der Waals surface area (Å²) in [6.07, 6.45) is 2.86. The maximum absolute atomic E-state index is 12.9. The predicted molar refractivity (Wildman–Crippen MR) is 104 cm³/mol. The van der Waals surface area contributed by atoms with Crippen LogP contribution in [-0.4, -0.2) is 53.2 Å². The Kier molecular flexibility index (Phi) is 4.97. The highest BCUT2D eigenvalue weighted by Crippen LogP contribution is 2.31. The first-order valence-electron chi connectivity index (χ1n) is 10.1. The number of amides is 3. The molecule has 3 aliphatic heterocycles. The molecular weight excluding hydrogens is 356 g/mol. The molecule has 150 valence electrons. The number of fused-ring (bicyclic) bond motifs is 1. The number of rotatable bonds is 4. The molecule has 0 bridgehead atoms. The molecule has 1 aromatic carbocycles. The van der Waals surface area contributed by atoms with Crippen LogP contribution in [-0.2, 0) is 22.7 Å². The molecule has 3 amide bonds. The van der Waals surface area contributed by atoms with E-state index in [-0.39, 0.29) is 29.6 Å². The Hall–Kier alpha value is -2.25. The Morgan fingerprint density at radius 2 is 1.96 bits per heavy atom. The third-order valence-electron chi connectivity index (χ3n) is 6.55. The van der Waals surface area contributed by atoms with Crippen molar-refractivity contribution in [1.29, 1.82) is 0 Å². The minimum absolute atomic E-state index is 0.110. The average molecular weight is 384 g/mol. The van der Waals surface area contributed by atoms with Gasteiger partial charge in [-0.2, -0.15) is 0 Å². The van der Waals surface area contributed by atoms with E-state index in [4.69, 9.17) is 5.73 Å². The summed E-state index contributed by atoms with van der Waals surface area (Å²) < 4.78 is 0. The van der Waals surface area contributed by atoms with Gasteiger partial charge in [-0.25, -0.2) is 0 Å². The monoisotopic (exact) mass is 384 g/mol. The van der Waals surface area contributed by atoms with Gasteiger partial charge in [0.2, 0.25) is 11.8 Å². The maximum Gasteiger partial charge on any atom is 0.255 e. The average Bonchev–Trinajstić information content (AvgIpc) is 3.00. The largest absolute Gasteiger partial charge is 0.330 e. The molecule has 2 fully saturated rings. The predicted octanol–water partition coefficient (Wildman–Crippen LogP) is 1.01. The summed E-state index contributed by atoms with van der Waals surface area (Å²) in [6.45, 7) is 6.26. The molecule has 0 radical (unpaired) electrons. The van der Waals surface area contributed by atoms with Crippen molar-refractivity contribution in [2.45, 2.75) is 51.7 Å². The zero-order valence-electron chi connectivity index (χ0n) is 16.4. The van der Waals surface area contributed by atoms with Gasteiger partial charge in [0.05, 0.1) is 0 Å². The van der Waals surface area contributed by atoms with Gasteiger partial charge in [0.25, 0.3) is 5.91 Å². The highest BCUT2D eigenvalue weighted by atomic mass is 16.2. The Balaban J connectivity index is 1.43. The molecule has 1 atom stereocenters. The molecule has 2 saturated heterocycles. The lowest BCUT2D eigenvalue weighted by molar-refractivity contribution is -0.136. The first-order valence-corrected chi connectivity index (χ1v) is 10.1. The van der Waals surface area contributed by atoms with Gasteiger partial charge in [0.1, 0.15) is 6.04 Å². The van der Waals surface area contributed by atoms with Crippen LogP contribution in [0, 0.1) is 5.41 Å². The summed E-state index contributed by atoms with van der Waals surface area (Å²) in [6, 6.07) is 5.50. The quantitative estimate of drug-likeness (QED) is 0.756. The summed E-state index contributed by atoms with van der Waals surface area (Å²) in [5, 5.41) is 2.34. The van der Waals surface area contributed by atoms with E-state index in [1.54, 1.807) is 4.90 Å². The number of nitrogens with one attached hydrogen (secondary N) is 1. The van der Waals surface area contributed by atoms with E-state index in [1.165, 1.54) is 0 Å². The molecular formula is C21H28N4O3. The van der Waals surface area contributed by atoms with Crippen LogP contribution in [0.4, 0.5) is 0 Å². The fourth-order valence-electron chi connectivity index (χ4n) is 4.41. The van der Waals surface area contributed by atoms with E-state index < -0.39 is 6.04 Å². The minimum Gasteiger partial charge on any atom is -0.330 e. The number of imide groups is 1. The lowest BCUT2D eigenvalue weighted by atomic mass is 9.80. The van der Waals surface area contributed by atoms with Gasteiger partial charge in [-0.05, 0) is 61.5 Å². The van der Waals surface area contributed by atoms with Crippen LogP contribution in [0.3, 0.4) is 0 Å². The third-order valence-corrected chi connectivity index (χ3v) is 6.55. The summed E-state index contributed by atoms with van der Waals surface area (Å²) in [7, 11) is 0. The smallest absolute Gasteiger partial charge is 0.255 e. The van der Waals surface area contributed by atoms with Crippen LogP contribution < -0.4 is 11.1 Å². The first-order chi connectivity index (χ1) is 13.4. The SMILES string of the molecule is CC1(CN)CCN(Cc2ccc3c(c2)C(=O)N(C2CCC(=O)NC2=O)C3)CC1. The number of hydrogen-bond acceptors (Lipinski definition) is 5. The zero-order valence-corrected chi connectivity index (χ0v) is 16.4. The van der Waals surface area contributed by atoms with E-state index in [1.807, 2.05) is 12.1 Å². The van der Waals surface area contributed by atoms with Crippen molar-refractivity contribution in [1.82, 2.24) is 15.1 Å². The molecule has 4 rings (SSSR count). The zero-order chi connectivity index (χ0) is 19.9. The second-order valence-corrected chi connectivity index (χ2v) is 8.68. The normalized spacial score (nSPS) is 25.0. The van der Waals surface area contributed by atoms with E-state index >= 15 is 0 Å². The fraction of sp³-hybridized carbons (Fsp3) is 0.571. The molecule has 7 nitrogen and oxygen atoms in total. The standard InChI is InChI=1S/C21H28N4O3/c1-21(13-22)6-8-24(9-7-21)11-14-2-3-15-12-25(20(28)16(15)10-14)17-4-5-18(26)23-19(17)27/h2-3,10,17H,4-9,11-13,22H2,1H3,(H,23,26,27). The number of likely N-dealkylation sites (tertiary alicyclic amines) is 1.